The molecule has 0 aliphatic carbocycles. The maximum absolute atomic E-state index is 11.8. The van der Waals surface area contributed by atoms with E-state index in [1.807, 2.05) is 0 Å². The third-order valence-electron chi connectivity index (χ3n) is 3.34. The van der Waals surface area contributed by atoms with E-state index in [0.717, 1.165) is 0 Å². The van der Waals surface area contributed by atoms with Crippen LogP contribution in [-0.4, -0.2) is 43.2 Å². The standard InChI is InChI=1S/C15H13N5O4/c1-9-16-18-15(19-17-9)11-4-2-10(3-5-11)8-14(23)24-20-12(21)6-7-13(20)22/h2-5H,6-8H2,1H3. The molecule has 1 aromatic heterocycles. The monoisotopic (exact) mass is 327 g/mol. The van der Waals surface area contributed by atoms with Crippen molar-refractivity contribution in [1.82, 2.24) is 25.5 Å². The first-order valence-electron chi connectivity index (χ1n) is 7.23. The van der Waals surface area contributed by atoms with E-state index in [4.69, 9.17) is 4.84 Å². The Morgan fingerprint density at radius 1 is 1.04 bits per heavy atom. The van der Waals surface area contributed by atoms with Crippen molar-refractivity contribution in [1.29, 1.82) is 0 Å². The Morgan fingerprint density at radius 3 is 2.21 bits per heavy atom. The molecule has 122 valence electrons. The lowest BCUT2D eigenvalue weighted by Gasteiger charge is -2.12. The SMILES string of the molecule is Cc1nnc(-c2ccc(CC(=O)ON3C(=O)CCC3=O)cc2)nn1. The van der Waals surface area contributed by atoms with Crippen LogP contribution in [0.15, 0.2) is 24.3 Å². The van der Waals surface area contributed by atoms with Gasteiger partial charge < -0.3 is 4.84 Å². The smallest absolute Gasteiger partial charge is 0.330 e. The Labute approximate surface area is 136 Å². The molecule has 0 atom stereocenters. The summed E-state index contributed by atoms with van der Waals surface area (Å²) in [5.41, 5.74) is 1.37. The molecule has 0 radical (unpaired) electrons. The summed E-state index contributed by atoms with van der Waals surface area (Å²) in [6.07, 6.45) is 0.0709. The second kappa shape index (κ2) is 6.49. The summed E-state index contributed by atoms with van der Waals surface area (Å²) in [6.45, 7) is 1.69. The number of carbonyl (C=O) groups is 3. The van der Waals surface area contributed by atoms with Gasteiger partial charge in [-0.3, -0.25) is 9.59 Å². The molecule has 1 saturated heterocycles. The molecule has 2 aromatic rings. The number of carbonyl (C=O) groups excluding carboxylic acids is 3. The fourth-order valence-electron chi connectivity index (χ4n) is 2.13. The molecule has 2 amide bonds. The van der Waals surface area contributed by atoms with Crippen molar-refractivity contribution in [2.45, 2.75) is 26.2 Å². The largest absolute Gasteiger partial charge is 0.337 e. The molecule has 9 nitrogen and oxygen atoms in total. The van der Waals surface area contributed by atoms with Crippen molar-refractivity contribution in [3.05, 3.63) is 35.7 Å². The van der Waals surface area contributed by atoms with Crippen molar-refractivity contribution < 1.29 is 19.2 Å². The van der Waals surface area contributed by atoms with Crippen LogP contribution in [0.5, 0.6) is 0 Å². The third kappa shape index (κ3) is 3.40. The molecule has 0 spiro atoms. The summed E-state index contributed by atoms with van der Waals surface area (Å²) in [5.74, 6) is -0.825. The number of amides is 2. The van der Waals surface area contributed by atoms with Gasteiger partial charge in [0.2, 0.25) is 5.82 Å². The van der Waals surface area contributed by atoms with Crippen LogP contribution >= 0.6 is 0 Å². The van der Waals surface area contributed by atoms with E-state index in [1.165, 1.54) is 0 Å². The van der Waals surface area contributed by atoms with E-state index in [2.05, 4.69) is 20.4 Å². The number of hydrogen-bond donors (Lipinski definition) is 0. The maximum atomic E-state index is 11.8. The van der Waals surface area contributed by atoms with Crippen LogP contribution in [0.4, 0.5) is 0 Å². The number of imide groups is 1. The highest BCUT2D eigenvalue weighted by Crippen LogP contribution is 2.16. The minimum atomic E-state index is -0.679. The van der Waals surface area contributed by atoms with E-state index in [1.54, 1.807) is 31.2 Å². The number of nitrogens with zero attached hydrogens (tertiary/aromatic N) is 5. The molecule has 0 saturated carbocycles. The van der Waals surface area contributed by atoms with Gasteiger partial charge in [0, 0.05) is 18.4 Å². The van der Waals surface area contributed by atoms with Crippen molar-refractivity contribution >= 4 is 17.8 Å². The van der Waals surface area contributed by atoms with Crippen LogP contribution in [0.1, 0.15) is 24.2 Å². The van der Waals surface area contributed by atoms with Gasteiger partial charge in [-0.05, 0) is 12.5 Å². The maximum Gasteiger partial charge on any atom is 0.337 e. The van der Waals surface area contributed by atoms with Crippen LogP contribution in [-0.2, 0) is 25.6 Å². The average molecular weight is 327 g/mol. The number of benzene rings is 1. The Hall–Kier alpha value is -3.23. The topological polar surface area (TPSA) is 115 Å². The summed E-state index contributed by atoms with van der Waals surface area (Å²) in [6, 6.07) is 6.85. The Kier molecular flexibility index (Phi) is 4.23. The summed E-state index contributed by atoms with van der Waals surface area (Å²) in [7, 11) is 0. The van der Waals surface area contributed by atoms with Crippen molar-refractivity contribution in [3.63, 3.8) is 0 Å². The van der Waals surface area contributed by atoms with E-state index in [-0.39, 0.29) is 19.3 Å². The number of aromatic nitrogens is 4. The first-order valence-corrected chi connectivity index (χ1v) is 7.23. The second-order valence-corrected chi connectivity index (χ2v) is 5.19. The molecular formula is C15H13N5O4. The Bertz CT molecular complexity index is 773. The van der Waals surface area contributed by atoms with Gasteiger partial charge in [-0.15, -0.1) is 25.5 Å². The third-order valence-corrected chi connectivity index (χ3v) is 3.34. The highest BCUT2D eigenvalue weighted by molar-refractivity contribution is 6.01. The first-order chi connectivity index (χ1) is 11.5. The number of hydrogen-bond acceptors (Lipinski definition) is 8. The highest BCUT2D eigenvalue weighted by atomic mass is 16.7. The molecular weight excluding hydrogens is 314 g/mol. The second-order valence-electron chi connectivity index (χ2n) is 5.19. The van der Waals surface area contributed by atoms with Gasteiger partial charge in [-0.1, -0.05) is 24.3 Å². The summed E-state index contributed by atoms with van der Waals surface area (Å²) in [5, 5.41) is 16.1. The highest BCUT2D eigenvalue weighted by Gasteiger charge is 2.32. The Balaban J connectivity index is 1.63. The molecule has 3 rings (SSSR count). The van der Waals surface area contributed by atoms with Crippen LogP contribution in [0.3, 0.4) is 0 Å². The minimum absolute atomic E-state index is 0.0669. The zero-order valence-electron chi connectivity index (χ0n) is 12.8. The van der Waals surface area contributed by atoms with Gasteiger partial charge in [-0.2, -0.15) is 0 Å². The molecule has 1 aliphatic rings. The van der Waals surface area contributed by atoms with E-state index < -0.39 is 17.8 Å². The summed E-state index contributed by atoms with van der Waals surface area (Å²) < 4.78 is 0. The summed E-state index contributed by atoms with van der Waals surface area (Å²) >= 11 is 0. The zero-order valence-corrected chi connectivity index (χ0v) is 12.8. The van der Waals surface area contributed by atoms with E-state index >= 15 is 0 Å². The van der Waals surface area contributed by atoms with Gasteiger partial charge in [-0.25, -0.2) is 4.79 Å². The number of rotatable bonds is 4. The quantitative estimate of drug-likeness (QED) is 0.741. The van der Waals surface area contributed by atoms with Crippen LogP contribution in [0, 0.1) is 6.92 Å². The van der Waals surface area contributed by atoms with Crippen LogP contribution in [0.25, 0.3) is 11.4 Å². The fraction of sp³-hybridized carbons (Fsp3) is 0.267. The van der Waals surface area contributed by atoms with Crippen LogP contribution < -0.4 is 0 Å². The fourth-order valence-corrected chi connectivity index (χ4v) is 2.13. The van der Waals surface area contributed by atoms with Crippen molar-refractivity contribution in [2.75, 3.05) is 0 Å². The Morgan fingerprint density at radius 2 is 1.62 bits per heavy atom. The van der Waals surface area contributed by atoms with Gasteiger partial charge in [0.05, 0.1) is 6.42 Å². The number of aryl methyl sites for hydroxylation is 1. The van der Waals surface area contributed by atoms with Crippen molar-refractivity contribution in [2.24, 2.45) is 0 Å². The normalized spacial score (nSPS) is 14.1. The lowest BCUT2D eigenvalue weighted by atomic mass is 10.1. The zero-order chi connectivity index (χ0) is 17.1. The minimum Gasteiger partial charge on any atom is -0.330 e. The van der Waals surface area contributed by atoms with Crippen molar-refractivity contribution in [3.8, 4) is 11.4 Å². The molecule has 2 heterocycles. The van der Waals surface area contributed by atoms with Gasteiger partial charge in [0.25, 0.3) is 11.8 Å². The molecule has 1 aliphatic heterocycles. The molecule has 0 bridgehead atoms. The average Bonchev–Trinajstić information content (AvgIpc) is 2.88. The molecule has 0 unspecified atom stereocenters. The van der Waals surface area contributed by atoms with Gasteiger partial charge in [0.1, 0.15) is 0 Å². The summed E-state index contributed by atoms with van der Waals surface area (Å²) in [4.78, 5) is 39.5. The number of hydroxylamine groups is 2. The first kappa shape index (κ1) is 15.7. The van der Waals surface area contributed by atoms with Gasteiger partial charge >= 0.3 is 5.97 Å². The van der Waals surface area contributed by atoms with Gasteiger partial charge in [0.15, 0.2) is 5.82 Å². The lowest BCUT2D eigenvalue weighted by Crippen LogP contribution is -2.32. The molecule has 24 heavy (non-hydrogen) atoms. The lowest BCUT2D eigenvalue weighted by molar-refractivity contribution is -0.197. The van der Waals surface area contributed by atoms with E-state index in [0.29, 0.717) is 27.8 Å². The van der Waals surface area contributed by atoms with Crippen LogP contribution in [0.2, 0.25) is 0 Å². The molecule has 1 aromatic carbocycles. The van der Waals surface area contributed by atoms with E-state index in [9.17, 15) is 14.4 Å². The molecule has 9 heteroatoms. The predicted octanol–water partition coefficient (Wildman–Crippen LogP) is 0.392. The predicted molar refractivity (Wildman–Crippen MR) is 78.7 cm³/mol. The molecule has 0 N–H and O–H groups in total. The molecule has 1 fully saturated rings.